The van der Waals surface area contributed by atoms with Crippen LogP contribution in [0, 0.1) is 0 Å². The Kier molecular flexibility index (Phi) is 4.08. The van der Waals surface area contributed by atoms with Crippen LogP contribution in [0.1, 0.15) is 23.9 Å². The molecule has 1 aliphatic rings. The van der Waals surface area contributed by atoms with Gasteiger partial charge in [0.05, 0.1) is 21.2 Å². The molecule has 4 nitrogen and oxygen atoms in total. The molecule has 1 saturated heterocycles. The first-order chi connectivity index (χ1) is 11.6. The van der Waals surface area contributed by atoms with Crippen molar-refractivity contribution in [2.45, 2.75) is 23.8 Å². The van der Waals surface area contributed by atoms with Gasteiger partial charge in [-0.05, 0) is 49.2 Å². The van der Waals surface area contributed by atoms with E-state index in [4.69, 9.17) is 11.6 Å². The molecule has 0 saturated carbocycles. The van der Waals surface area contributed by atoms with Crippen molar-refractivity contribution in [1.29, 1.82) is 0 Å². The van der Waals surface area contributed by atoms with Crippen molar-refractivity contribution in [1.82, 2.24) is 9.29 Å². The van der Waals surface area contributed by atoms with E-state index in [-0.39, 0.29) is 10.9 Å². The van der Waals surface area contributed by atoms with Crippen LogP contribution < -0.4 is 0 Å². The lowest BCUT2D eigenvalue weighted by Gasteiger charge is -2.22. The van der Waals surface area contributed by atoms with Crippen LogP contribution in [-0.2, 0) is 10.0 Å². The highest BCUT2D eigenvalue weighted by molar-refractivity contribution is 7.89. The molecule has 0 radical (unpaired) electrons. The van der Waals surface area contributed by atoms with Gasteiger partial charge in [0.25, 0.3) is 0 Å². The third-order valence-corrected chi connectivity index (χ3v) is 7.53. The van der Waals surface area contributed by atoms with Gasteiger partial charge >= 0.3 is 0 Å². The van der Waals surface area contributed by atoms with Gasteiger partial charge in [-0.3, -0.25) is 0 Å². The summed E-state index contributed by atoms with van der Waals surface area (Å²) in [6.07, 6.45) is 1.64. The largest absolute Gasteiger partial charge is 0.243 e. The van der Waals surface area contributed by atoms with E-state index < -0.39 is 10.0 Å². The number of hydrogen-bond acceptors (Lipinski definition) is 4. The van der Waals surface area contributed by atoms with Crippen LogP contribution in [0.2, 0.25) is 5.02 Å². The van der Waals surface area contributed by atoms with Crippen molar-refractivity contribution in [3.05, 3.63) is 58.6 Å². The molecule has 1 atom stereocenters. The monoisotopic (exact) mass is 378 g/mol. The maximum Gasteiger partial charge on any atom is 0.243 e. The quantitative estimate of drug-likeness (QED) is 0.675. The summed E-state index contributed by atoms with van der Waals surface area (Å²) in [5.74, 6) is 0. The molecule has 1 aliphatic heterocycles. The summed E-state index contributed by atoms with van der Waals surface area (Å²) in [4.78, 5) is 4.94. The van der Waals surface area contributed by atoms with Gasteiger partial charge in [0, 0.05) is 11.6 Å². The van der Waals surface area contributed by atoms with Gasteiger partial charge in [0.2, 0.25) is 10.0 Å². The van der Waals surface area contributed by atoms with Gasteiger partial charge in [0.1, 0.15) is 5.01 Å². The third-order valence-electron chi connectivity index (χ3n) is 4.22. The van der Waals surface area contributed by atoms with Crippen LogP contribution in [0.15, 0.2) is 53.4 Å². The second kappa shape index (κ2) is 6.11. The lowest BCUT2D eigenvalue weighted by molar-refractivity contribution is 0.396. The topological polar surface area (TPSA) is 50.3 Å². The van der Waals surface area contributed by atoms with Gasteiger partial charge < -0.3 is 0 Å². The molecule has 2 heterocycles. The first-order valence-corrected chi connectivity index (χ1v) is 10.3. The van der Waals surface area contributed by atoms with Crippen molar-refractivity contribution >= 4 is 43.2 Å². The fourth-order valence-corrected chi connectivity index (χ4v) is 6.02. The molecule has 24 heavy (non-hydrogen) atoms. The highest BCUT2D eigenvalue weighted by Crippen LogP contribution is 2.39. The number of sulfonamides is 1. The average Bonchev–Trinajstić information content (AvgIpc) is 3.22. The predicted molar refractivity (Wildman–Crippen MR) is 96.9 cm³/mol. The zero-order valence-corrected chi connectivity index (χ0v) is 15.1. The number of para-hydroxylation sites is 1. The molecule has 0 amide bonds. The van der Waals surface area contributed by atoms with Crippen molar-refractivity contribution in [3.63, 3.8) is 0 Å². The lowest BCUT2D eigenvalue weighted by Crippen LogP contribution is -2.30. The molecule has 124 valence electrons. The molecule has 2 aromatic carbocycles. The number of nitrogens with zero attached hydrogens (tertiary/aromatic N) is 2. The summed E-state index contributed by atoms with van der Waals surface area (Å²) in [7, 11) is -3.55. The number of rotatable bonds is 3. The summed E-state index contributed by atoms with van der Waals surface area (Å²) in [5.41, 5.74) is 0.924. The van der Waals surface area contributed by atoms with Crippen molar-refractivity contribution in [2.75, 3.05) is 6.54 Å². The van der Waals surface area contributed by atoms with E-state index in [2.05, 4.69) is 4.98 Å². The van der Waals surface area contributed by atoms with Crippen LogP contribution in [0.4, 0.5) is 0 Å². The molecule has 0 spiro atoms. The Morgan fingerprint density at radius 3 is 2.62 bits per heavy atom. The Morgan fingerprint density at radius 1 is 1.12 bits per heavy atom. The van der Waals surface area contributed by atoms with Gasteiger partial charge in [-0.25, -0.2) is 13.4 Å². The van der Waals surface area contributed by atoms with Gasteiger partial charge in [-0.1, -0.05) is 23.7 Å². The molecular weight excluding hydrogens is 364 g/mol. The average molecular weight is 379 g/mol. The normalized spacial score (nSPS) is 19.1. The highest BCUT2D eigenvalue weighted by atomic mass is 35.5. The first-order valence-electron chi connectivity index (χ1n) is 7.68. The first kappa shape index (κ1) is 16.0. The molecule has 4 rings (SSSR count). The van der Waals surface area contributed by atoms with E-state index >= 15 is 0 Å². The van der Waals surface area contributed by atoms with E-state index in [9.17, 15) is 8.42 Å². The summed E-state index contributed by atoms with van der Waals surface area (Å²) in [6, 6.07) is 14.0. The standard InChI is InChI=1S/C17H15ClN2O2S2/c18-12-7-9-13(10-8-12)24(21,22)20-11-3-5-15(20)17-19-14-4-1-2-6-16(14)23-17/h1-2,4,6-10,15H,3,5,11H2/t15-/m1/s1. The number of thiazole rings is 1. The van der Waals surface area contributed by atoms with Crippen LogP contribution in [0.25, 0.3) is 10.2 Å². The van der Waals surface area contributed by atoms with Gasteiger partial charge in [-0.15, -0.1) is 11.3 Å². The van der Waals surface area contributed by atoms with Gasteiger partial charge in [0.15, 0.2) is 0 Å². The Labute approximate surface area is 149 Å². The Morgan fingerprint density at radius 2 is 1.88 bits per heavy atom. The Bertz CT molecular complexity index is 950. The Hall–Kier alpha value is -1.47. The number of hydrogen-bond donors (Lipinski definition) is 0. The number of benzene rings is 2. The maximum absolute atomic E-state index is 13.0. The number of halogens is 1. The van der Waals surface area contributed by atoms with E-state index in [1.807, 2.05) is 24.3 Å². The van der Waals surface area contributed by atoms with E-state index in [1.165, 1.54) is 0 Å². The van der Waals surface area contributed by atoms with Crippen LogP contribution in [-0.4, -0.2) is 24.3 Å². The van der Waals surface area contributed by atoms with Crippen LogP contribution >= 0.6 is 22.9 Å². The van der Waals surface area contributed by atoms with Crippen LogP contribution in [0.3, 0.4) is 0 Å². The van der Waals surface area contributed by atoms with Crippen molar-refractivity contribution in [2.24, 2.45) is 0 Å². The van der Waals surface area contributed by atoms with E-state index in [0.29, 0.717) is 11.6 Å². The van der Waals surface area contributed by atoms with E-state index in [0.717, 1.165) is 28.1 Å². The number of fused-ring (bicyclic) bond motifs is 1. The van der Waals surface area contributed by atoms with E-state index in [1.54, 1.807) is 39.9 Å². The third kappa shape index (κ3) is 2.73. The Balaban J connectivity index is 1.73. The lowest BCUT2D eigenvalue weighted by atomic mass is 10.2. The molecule has 7 heteroatoms. The minimum absolute atomic E-state index is 0.192. The predicted octanol–water partition coefficient (Wildman–Crippen LogP) is 4.48. The maximum atomic E-state index is 13.0. The van der Waals surface area contributed by atoms with Gasteiger partial charge in [-0.2, -0.15) is 4.31 Å². The second-order valence-corrected chi connectivity index (χ2v) is 9.14. The zero-order valence-electron chi connectivity index (χ0n) is 12.7. The molecule has 3 aromatic rings. The fourth-order valence-electron chi connectivity index (χ4n) is 3.05. The summed E-state index contributed by atoms with van der Waals surface area (Å²) in [5, 5.41) is 1.39. The van der Waals surface area contributed by atoms with Crippen molar-refractivity contribution in [3.8, 4) is 0 Å². The molecule has 1 fully saturated rings. The molecule has 0 aliphatic carbocycles. The molecule has 0 bridgehead atoms. The highest BCUT2D eigenvalue weighted by Gasteiger charge is 2.37. The number of aromatic nitrogens is 1. The molecule has 0 unspecified atom stereocenters. The van der Waals surface area contributed by atoms with Crippen molar-refractivity contribution < 1.29 is 8.42 Å². The van der Waals surface area contributed by atoms with Crippen LogP contribution in [0.5, 0.6) is 0 Å². The summed E-state index contributed by atoms with van der Waals surface area (Å²) < 4.78 is 28.7. The molecular formula is C17H15ClN2O2S2. The smallest absolute Gasteiger partial charge is 0.239 e. The second-order valence-electron chi connectivity index (χ2n) is 5.75. The molecule has 0 N–H and O–H groups in total. The summed E-state index contributed by atoms with van der Waals surface area (Å²) >= 11 is 7.45. The minimum Gasteiger partial charge on any atom is -0.239 e. The SMILES string of the molecule is O=S(=O)(c1ccc(Cl)cc1)N1CCC[C@@H]1c1nc2ccccc2s1. The summed E-state index contributed by atoms with van der Waals surface area (Å²) in [6.45, 7) is 0.519. The fraction of sp³-hybridized carbons (Fsp3) is 0.235. The minimum atomic E-state index is -3.55. The zero-order chi connectivity index (χ0) is 16.7. The molecule has 1 aromatic heterocycles.